The average molecular weight is 250 g/mol. The van der Waals surface area contributed by atoms with Crippen molar-refractivity contribution >= 4 is 22.6 Å². The van der Waals surface area contributed by atoms with Crippen molar-refractivity contribution in [3.8, 4) is 0 Å². The molecule has 0 amide bonds. The van der Waals surface area contributed by atoms with Crippen molar-refractivity contribution in [2.24, 2.45) is 0 Å². The molecule has 1 aliphatic rings. The second-order valence-electron chi connectivity index (χ2n) is 4.55. The number of benzene rings is 1. The van der Waals surface area contributed by atoms with Gasteiger partial charge in [-0.15, -0.1) is 11.6 Å². The molecule has 90 valence electrons. The molecular weight excluding hydrogens is 234 g/mol. The van der Waals surface area contributed by atoms with E-state index in [1.165, 1.54) is 25.9 Å². The maximum atomic E-state index is 6.04. The van der Waals surface area contributed by atoms with Crippen molar-refractivity contribution in [2.75, 3.05) is 13.1 Å². The molecule has 0 N–H and O–H groups in total. The number of para-hydroxylation sites is 2. The van der Waals surface area contributed by atoms with Gasteiger partial charge in [0.2, 0.25) is 0 Å². The monoisotopic (exact) mass is 249 g/mol. The highest BCUT2D eigenvalue weighted by Gasteiger charge is 2.16. The smallest absolute Gasteiger partial charge is 0.125 e. The molecule has 1 saturated heterocycles. The van der Waals surface area contributed by atoms with Crippen LogP contribution in [0.1, 0.15) is 18.7 Å². The van der Waals surface area contributed by atoms with Crippen LogP contribution in [0.2, 0.25) is 0 Å². The quantitative estimate of drug-likeness (QED) is 0.780. The molecule has 1 aliphatic heterocycles. The van der Waals surface area contributed by atoms with Gasteiger partial charge in [0.25, 0.3) is 0 Å². The highest BCUT2D eigenvalue weighted by atomic mass is 35.5. The van der Waals surface area contributed by atoms with Crippen molar-refractivity contribution in [1.82, 2.24) is 14.5 Å². The fourth-order valence-electron chi connectivity index (χ4n) is 2.52. The summed E-state index contributed by atoms with van der Waals surface area (Å²) >= 11 is 6.04. The SMILES string of the molecule is ClCn1c(CN2CCCC2)nc2ccccc21. The van der Waals surface area contributed by atoms with E-state index in [4.69, 9.17) is 11.6 Å². The van der Waals surface area contributed by atoms with Gasteiger partial charge >= 0.3 is 0 Å². The molecule has 0 aliphatic carbocycles. The number of rotatable bonds is 3. The summed E-state index contributed by atoms with van der Waals surface area (Å²) in [4.78, 5) is 7.13. The second kappa shape index (κ2) is 4.67. The van der Waals surface area contributed by atoms with E-state index in [-0.39, 0.29) is 0 Å². The molecule has 4 heteroatoms. The number of aromatic nitrogens is 2. The summed E-state index contributed by atoms with van der Waals surface area (Å²) in [6.07, 6.45) is 2.61. The van der Waals surface area contributed by atoms with Crippen molar-refractivity contribution in [1.29, 1.82) is 0 Å². The highest BCUT2D eigenvalue weighted by Crippen LogP contribution is 2.19. The third-order valence-electron chi connectivity index (χ3n) is 3.42. The first-order chi connectivity index (χ1) is 8.38. The van der Waals surface area contributed by atoms with Crippen LogP contribution in [0.5, 0.6) is 0 Å². The summed E-state index contributed by atoms with van der Waals surface area (Å²) in [6.45, 7) is 3.29. The molecule has 17 heavy (non-hydrogen) atoms. The molecule has 0 spiro atoms. The molecule has 0 radical (unpaired) electrons. The zero-order valence-corrected chi connectivity index (χ0v) is 10.5. The fourth-order valence-corrected chi connectivity index (χ4v) is 2.79. The summed E-state index contributed by atoms with van der Waals surface area (Å²) in [5, 5.41) is 0. The van der Waals surface area contributed by atoms with Gasteiger partial charge in [-0.25, -0.2) is 4.98 Å². The lowest BCUT2D eigenvalue weighted by atomic mass is 10.3. The fraction of sp³-hybridized carbons (Fsp3) is 0.462. The maximum absolute atomic E-state index is 6.04. The Labute approximate surface area is 106 Å². The van der Waals surface area contributed by atoms with Gasteiger partial charge in [-0.05, 0) is 38.1 Å². The van der Waals surface area contributed by atoms with Crippen LogP contribution in [0.25, 0.3) is 11.0 Å². The zero-order valence-electron chi connectivity index (χ0n) is 9.77. The first-order valence-corrected chi connectivity index (χ1v) is 6.64. The van der Waals surface area contributed by atoms with Crippen LogP contribution in [-0.4, -0.2) is 27.5 Å². The number of hydrogen-bond donors (Lipinski definition) is 0. The number of fused-ring (bicyclic) bond motifs is 1. The van der Waals surface area contributed by atoms with Crippen LogP contribution in [0, 0.1) is 0 Å². The maximum Gasteiger partial charge on any atom is 0.125 e. The number of imidazole rings is 1. The van der Waals surface area contributed by atoms with E-state index in [9.17, 15) is 0 Å². The van der Waals surface area contributed by atoms with E-state index >= 15 is 0 Å². The first-order valence-electron chi connectivity index (χ1n) is 6.11. The minimum absolute atomic E-state index is 0.476. The van der Waals surface area contributed by atoms with Crippen LogP contribution >= 0.6 is 11.6 Å². The Bertz CT molecular complexity index is 514. The average Bonchev–Trinajstić information content (AvgIpc) is 2.96. The van der Waals surface area contributed by atoms with E-state index < -0.39 is 0 Å². The molecule has 0 unspecified atom stereocenters. The molecule has 0 bridgehead atoms. The van der Waals surface area contributed by atoms with Crippen LogP contribution in [0.15, 0.2) is 24.3 Å². The summed E-state index contributed by atoms with van der Waals surface area (Å²) < 4.78 is 2.11. The van der Waals surface area contributed by atoms with Crippen molar-refractivity contribution in [2.45, 2.75) is 25.4 Å². The highest BCUT2D eigenvalue weighted by molar-refractivity contribution is 6.15. The molecule has 1 fully saturated rings. The molecule has 0 saturated carbocycles. The lowest BCUT2D eigenvalue weighted by Gasteiger charge is -2.14. The van der Waals surface area contributed by atoms with Gasteiger partial charge in [0.15, 0.2) is 0 Å². The van der Waals surface area contributed by atoms with Crippen LogP contribution in [-0.2, 0) is 12.5 Å². The lowest BCUT2D eigenvalue weighted by molar-refractivity contribution is 0.319. The molecule has 0 atom stereocenters. The largest absolute Gasteiger partial charge is 0.312 e. The molecule has 3 rings (SSSR count). The third-order valence-corrected chi connectivity index (χ3v) is 3.66. The predicted molar refractivity (Wildman–Crippen MR) is 70.1 cm³/mol. The van der Waals surface area contributed by atoms with Gasteiger partial charge in [0.05, 0.1) is 23.6 Å². The Morgan fingerprint density at radius 2 is 1.94 bits per heavy atom. The topological polar surface area (TPSA) is 21.1 Å². The lowest BCUT2D eigenvalue weighted by Crippen LogP contribution is -2.20. The predicted octanol–water partition coefficient (Wildman–Crippen LogP) is 2.83. The molecule has 1 aromatic carbocycles. The summed E-state index contributed by atoms with van der Waals surface area (Å²) in [5.41, 5.74) is 2.18. The van der Waals surface area contributed by atoms with Crippen molar-refractivity contribution < 1.29 is 0 Å². The van der Waals surface area contributed by atoms with Crippen molar-refractivity contribution in [3.63, 3.8) is 0 Å². The number of hydrogen-bond acceptors (Lipinski definition) is 2. The summed E-state index contributed by atoms with van der Waals surface area (Å²) in [7, 11) is 0. The summed E-state index contributed by atoms with van der Waals surface area (Å²) in [6, 6.07) is 8.66. The normalized spacial score (nSPS) is 17.0. The Morgan fingerprint density at radius 1 is 1.18 bits per heavy atom. The van der Waals surface area contributed by atoms with Crippen LogP contribution < -0.4 is 0 Å². The minimum Gasteiger partial charge on any atom is -0.312 e. The molecular formula is C13H16ClN3. The van der Waals surface area contributed by atoms with Gasteiger partial charge in [0, 0.05) is 0 Å². The second-order valence-corrected chi connectivity index (χ2v) is 4.79. The van der Waals surface area contributed by atoms with Crippen molar-refractivity contribution in [3.05, 3.63) is 30.1 Å². The Balaban J connectivity index is 1.96. The zero-order chi connectivity index (χ0) is 11.7. The van der Waals surface area contributed by atoms with E-state index in [0.717, 1.165) is 23.4 Å². The van der Waals surface area contributed by atoms with Gasteiger partial charge < -0.3 is 4.57 Å². The number of nitrogens with zero attached hydrogens (tertiary/aromatic N) is 3. The van der Waals surface area contributed by atoms with Crippen LogP contribution in [0.4, 0.5) is 0 Å². The minimum atomic E-state index is 0.476. The molecule has 1 aromatic heterocycles. The first kappa shape index (κ1) is 11.1. The van der Waals surface area contributed by atoms with Gasteiger partial charge in [0.1, 0.15) is 5.82 Å². The molecule has 2 heterocycles. The Morgan fingerprint density at radius 3 is 2.71 bits per heavy atom. The third kappa shape index (κ3) is 2.05. The number of halogens is 1. The Kier molecular flexibility index (Phi) is 3.04. The molecule has 2 aromatic rings. The van der Waals surface area contributed by atoms with E-state index in [2.05, 4.69) is 20.5 Å². The molecule has 3 nitrogen and oxygen atoms in total. The number of alkyl halides is 1. The van der Waals surface area contributed by atoms with Gasteiger partial charge in [-0.3, -0.25) is 4.90 Å². The van der Waals surface area contributed by atoms with E-state index in [1.54, 1.807) is 0 Å². The van der Waals surface area contributed by atoms with E-state index in [1.807, 2.05) is 18.2 Å². The van der Waals surface area contributed by atoms with Gasteiger partial charge in [-0.2, -0.15) is 0 Å². The number of likely N-dealkylation sites (tertiary alicyclic amines) is 1. The van der Waals surface area contributed by atoms with Crippen LogP contribution in [0.3, 0.4) is 0 Å². The Hall–Kier alpha value is -1.06. The van der Waals surface area contributed by atoms with Gasteiger partial charge in [-0.1, -0.05) is 12.1 Å². The standard InChI is InChI=1S/C13H16ClN3/c14-10-17-12-6-2-1-5-11(12)15-13(17)9-16-7-3-4-8-16/h1-2,5-6H,3-4,7-10H2. The summed E-state index contributed by atoms with van der Waals surface area (Å²) in [5.74, 6) is 1.09. The van der Waals surface area contributed by atoms with E-state index in [0.29, 0.717) is 6.00 Å².